The number of phosphoric ester groups is 1. The first-order valence-electron chi connectivity index (χ1n) is 12.6. The molecular weight excluding hydrogens is 441 g/mol. The number of hydrogen-bond donors (Lipinski definition) is 3. The van der Waals surface area contributed by atoms with Crippen LogP contribution in [0.1, 0.15) is 102 Å². The number of amides is 1. The minimum atomic E-state index is -4.59. The third kappa shape index (κ3) is 18.7. The molecule has 190 valence electrons. The van der Waals surface area contributed by atoms with Gasteiger partial charge in [0.15, 0.2) is 0 Å². The average Bonchev–Trinajstić information content (AvgIpc) is 3.27. The number of allylic oxidation sites excluding steroid dienone is 2. The Bertz CT molecular complexity index is 670. The maximum atomic E-state index is 12.2. The van der Waals surface area contributed by atoms with Gasteiger partial charge in [0.05, 0.1) is 25.2 Å². The van der Waals surface area contributed by atoms with Crippen molar-refractivity contribution in [1.29, 1.82) is 0 Å². The van der Waals surface area contributed by atoms with Gasteiger partial charge in [0, 0.05) is 6.42 Å². The molecular formula is C25H44NO6P. The maximum Gasteiger partial charge on any atom is 0.469 e. The molecule has 0 aliphatic rings. The number of furan rings is 1. The van der Waals surface area contributed by atoms with E-state index in [1.807, 2.05) is 0 Å². The van der Waals surface area contributed by atoms with E-state index in [1.54, 1.807) is 12.3 Å². The van der Waals surface area contributed by atoms with Gasteiger partial charge in [-0.3, -0.25) is 9.32 Å². The second kappa shape index (κ2) is 19.0. The van der Waals surface area contributed by atoms with E-state index in [9.17, 15) is 9.36 Å². The predicted octanol–water partition coefficient (Wildman–Crippen LogP) is 6.45. The molecule has 1 aromatic heterocycles. The highest BCUT2D eigenvalue weighted by Gasteiger charge is 2.20. The summed E-state index contributed by atoms with van der Waals surface area (Å²) in [6.07, 6.45) is 24.1. The topological polar surface area (TPSA) is 109 Å². The Morgan fingerprint density at radius 3 is 2.21 bits per heavy atom. The zero-order chi connectivity index (χ0) is 24.2. The van der Waals surface area contributed by atoms with Crippen LogP contribution in [0.5, 0.6) is 0 Å². The molecule has 7 nitrogen and oxygen atoms in total. The van der Waals surface area contributed by atoms with Crippen LogP contribution in [0.3, 0.4) is 0 Å². The zero-order valence-electron chi connectivity index (χ0n) is 20.3. The van der Waals surface area contributed by atoms with E-state index in [2.05, 4.69) is 28.9 Å². The molecule has 0 bridgehead atoms. The standard InChI is InChI=1S/C25H44NO6P/c1-2-3-4-5-6-7-8-9-10-11-12-13-14-15-16-17-25(27)26-24(22-32-33(28,29)30)20-23-18-19-31-21-23/h9-10,18-19,21,24H,2-8,11-17,20,22H2,1H3,(H,26,27)(H2,28,29,30). The predicted molar refractivity (Wildman–Crippen MR) is 132 cm³/mol. The smallest absolute Gasteiger partial charge is 0.469 e. The fraction of sp³-hybridized carbons (Fsp3) is 0.720. The number of unbranched alkanes of at least 4 members (excludes halogenated alkanes) is 11. The molecule has 1 unspecified atom stereocenters. The van der Waals surface area contributed by atoms with Crippen LogP contribution in [0.25, 0.3) is 0 Å². The molecule has 0 aliphatic heterocycles. The quantitative estimate of drug-likeness (QED) is 0.105. The molecule has 1 atom stereocenters. The van der Waals surface area contributed by atoms with Crippen molar-refractivity contribution in [2.24, 2.45) is 0 Å². The van der Waals surface area contributed by atoms with Crippen LogP contribution >= 0.6 is 7.82 Å². The van der Waals surface area contributed by atoms with Crippen molar-refractivity contribution in [3.63, 3.8) is 0 Å². The normalized spacial score (nSPS) is 12.9. The molecule has 0 spiro atoms. The van der Waals surface area contributed by atoms with E-state index in [4.69, 9.17) is 14.2 Å². The first kappa shape index (κ1) is 29.6. The molecule has 8 heteroatoms. The molecule has 0 saturated carbocycles. The van der Waals surface area contributed by atoms with E-state index in [0.717, 1.165) is 31.2 Å². The van der Waals surface area contributed by atoms with Gasteiger partial charge in [0.2, 0.25) is 5.91 Å². The fourth-order valence-corrected chi connectivity index (χ4v) is 4.06. The largest absolute Gasteiger partial charge is 0.472 e. The van der Waals surface area contributed by atoms with Crippen LogP contribution in [0, 0.1) is 0 Å². The van der Waals surface area contributed by atoms with Gasteiger partial charge in [-0.05, 0) is 50.2 Å². The summed E-state index contributed by atoms with van der Waals surface area (Å²) >= 11 is 0. The molecule has 1 rings (SSSR count). The third-order valence-electron chi connectivity index (χ3n) is 5.54. The number of carbonyl (C=O) groups is 1. The average molecular weight is 486 g/mol. The van der Waals surface area contributed by atoms with Gasteiger partial charge < -0.3 is 19.5 Å². The number of phosphoric acid groups is 1. The minimum absolute atomic E-state index is 0.129. The Kier molecular flexibility index (Phi) is 17.0. The first-order chi connectivity index (χ1) is 15.9. The van der Waals surface area contributed by atoms with E-state index in [0.29, 0.717) is 12.8 Å². The van der Waals surface area contributed by atoms with Crippen LogP contribution < -0.4 is 5.32 Å². The minimum Gasteiger partial charge on any atom is -0.472 e. The lowest BCUT2D eigenvalue weighted by Crippen LogP contribution is -2.39. The molecule has 1 aromatic rings. The molecule has 0 radical (unpaired) electrons. The van der Waals surface area contributed by atoms with Crippen molar-refractivity contribution in [1.82, 2.24) is 5.32 Å². The summed E-state index contributed by atoms with van der Waals surface area (Å²) in [6, 6.07) is 1.23. The summed E-state index contributed by atoms with van der Waals surface area (Å²) in [5, 5.41) is 2.82. The molecule has 0 fully saturated rings. The van der Waals surface area contributed by atoms with Gasteiger partial charge in [-0.2, -0.15) is 0 Å². The SMILES string of the molecule is CCCCCCCCC=CCCCCCCCC(=O)NC(COP(=O)(O)O)Cc1ccoc1. The molecule has 3 N–H and O–H groups in total. The Morgan fingerprint density at radius 2 is 1.64 bits per heavy atom. The zero-order valence-corrected chi connectivity index (χ0v) is 21.1. The highest BCUT2D eigenvalue weighted by Crippen LogP contribution is 2.35. The number of rotatable bonds is 21. The second-order valence-electron chi connectivity index (χ2n) is 8.72. The lowest BCUT2D eigenvalue weighted by Gasteiger charge is -2.18. The molecule has 0 aliphatic carbocycles. The second-order valence-corrected chi connectivity index (χ2v) is 9.96. The highest BCUT2D eigenvalue weighted by atomic mass is 31.2. The van der Waals surface area contributed by atoms with Gasteiger partial charge in [0.1, 0.15) is 0 Å². The van der Waals surface area contributed by atoms with Gasteiger partial charge in [0.25, 0.3) is 0 Å². The Labute approximate surface area is 199 Å². The summed E-state index contributed by atoms with van der Waals surface area (Å²) in [6.45, 7) is 1.99. The van der Waals surface area contributed by atoms with E-state index in [-0.39, 0.29) is 12.5 Å². The summed E-state index contributed by atoms with van der Waals surface area (Å²) in [5.41, 5.74) is 0.829. The number of hydrogen-bond acceptors (Lipinski definition) is 4. The van der Waals surface area contributed by atoms with Crippen LogP contribution in [0.2, 0.25) is 0 Å². The van der Waals surface area contributed by atoms with Crippen LogP contribution in [0.4, 0.5) is 0 Å². The summed E-state index contributed by atoms with van der Waals surface area (Å²) < 4.78 is 20.6. The summed E-state index contributed by atoms with van der Waals surface area (Å²) in [4.78, 5) is 30.1. The van der Waals surface area contributed by atoms with Gasteiger partial charge >= 0.3 is 7.82 Å². The van der Waals surface area contributed by atoms with Crippen LogP contribution in [0.15, 0.2) is 35.2 Å². The van der Waals surface area contributed by atoms with Gasteiger partial charge in [-0.25, -0.2) is 4.57 Å². The Balaban J connectivity index is 2.06. The van der Waals surface area contributed by atoms with Gasteiger partial charge in [-0.15, -0.1) is 0 Å². The van der Waals surface area contributed by atoms with Crippen molar-refractivity contribution in [3.8, 4) is 0 Å². The molecule has 0 aromatic carbocycles. The van der Waals surface area contributed by atoms with Gasteiger partial charge in [-0.1, -0.05) is 70.4 Å². The van der Waals surface area contributed by atoms with E-state index < -0.39 is 13.9 Å². The van der Waals surface area contributed by atoms with Crippen molar-refractivity contribution in [3.05, 3.63) is 36.3 Å². The summed E-state index contributed by atoms with van der Waals surface area (Å²) in [7, 11) is -4.59. The van der Waals surface area contributed by atoms with Crippen molar-refractivity contribution < 1.29 is 28.1 Å². The van der Waals surface area contributed by atoms with Crippen molar-refractivity contribution >= 4 is 13.7 Å². The third-order valence-corrected chi connectivity index (χ3v) is 6.02. The molecule has 1 amide bonds. The van der Waals surface area contributed by atoms with E-state index in [1.165, 1.54) is 64.1 Å². The van der Waals surface area contributed by atoms with Crippen molar-refractivity contribution in [2.75, 3.05) is 6.61 Å². The van der Waals surface area contributed by atoms with Crippen LogP contribution in [-0.4, -0.2) is 28.3 Å². The summed E-state index contributed by atoms with van der Waals surface area (Å²) in [5.74, 6) is -0.129. The molecule has 1 heterocycles. The fourth-order valence-electron chi connectivity index (χ4n) is 3.69. The first-order valence-corrected chi connectivity index (χ1v) is 14.1. The van der Waals surface area contributed by atoms with E-state index >= 15 is 0 Å². The number of nitrogens with one attached hydrogen (secondary N) is 1. The maximum absolute atomic E-state index is 12.2. The lowest BCUT2D eigenvalue weighted by molar-refractivity contribution is -0.122. The monoisotopic (exact) mass is 485 g/mol. The van der Waals surface area contributed by atoms with Crippen molar-refractivity contribution in [2.45, 2.75) is 109 Å². The highest BCUT2D eigenvalue weighted by molar-refractivity contribution is 7.46. The Morgan fingerprint density at radius 1 is 1.03 bits per heavy atom. The molecule has 0 saturated heterocycles. The number of carbonyl (C=O) groups excluding carboxylic acids is 1. The Hall–Kier alpha value is -1.40. The lowest BCUT2D eigenvalue weighted by atomic mass is 10.1. The molecule has 33 heavy (non-hydrogen) atoms. The van der Waals surface area contributed by atoms with Crippen LogP contribution in [-0.2, 0) is 20.3 Å².